The summed E-state index contributed by atoms with van der Waals surface area (Å²) in [7, 11) is 0. The van der Waals surface area contributed by atoms with Gasteiger partial charge in [-0.25, -0.2) is 0 Å². The molecule has 0 saturated carbocycles. The number of aliphatic hydroxyl groups is 2. The van der Waals surface area contributed by atoms with Gasteiger partial charge >= 0.3 is 0 Å². The van der Waals surface area contributed by atoms with Crippen molar-refractivity contribution in [1.82, 2.24) is 9.80 Å². The summed E-state index contributed by atoms with van der Waals surface area (Å²) < 4.78 is 11.1. The van der Waals surface area contributed by atoms with Crippen LogP contribution in [0.2, 0.25) is 0 Å². The fraction of sp³-hybridized carbons (Fsp3) is 0.571. The molecule has 186 valence electrons. The molecule has 2 aliphatic heterocycles. The molecule has 2 aromatic rings. The number of rotatable bonds is 11. The van der Waals surface area contributed by atoms with Gasteiger partial charge in [-0.1, -0.05) is 60.7 Å². The molecule has 2 saturated heterocycles. The third kappa shape index (κ3) is 7.35. The predicted molar refractivity (Wildman–Crippen MR) is 134 cm³/mol. The van der Waals surface area contributed by atoms with E-state index in [9.17, 15) is 10.2 Å². The average molecular weight is 469 g/mol. The minimum absolute atomic E-state index is 0.0932. The van der Waals surface area contributed by atoms with Crippen LogP contribution >= 0.6 is 0 Å². The van der Waals surface area contributed by atoms with E-state index in [1.54, 1.807) is 0 Å². The number of hydrogen-bond acceptors (Lipinski definition) is 6. The molecule has 34 heavy (non-hydrogen) atoms. The summed E-state index contributed by atoms with van der Waals surface area (Å²) in [4.78, 5) is 4.82. The van der Waals surface area contributed by atoms with Crippen molar-refractivity contribution in [3.63, 3.8) is 0 Å². The Kier molecular flexibility index (Phi) is 9.92. The maximum absolute atomic E-state index is 11.4. The molecule has 0 bridgehead atoms. The van der Waals surface area contributed by atoms with E-state index in [1.165, 1.54) is 0 Å². The topological polar surface area (TPSA) is 65.4 Å². The Labute approximate surface area is 204 Å². The zero-order chi connectivity index (χ0) is 23.6. The molecule has 2 N–H and O–H groups in total. The minimum Gasteiger partial charge on any atom is -0.388 e. The molecule has 0 spiro atoms. The van der Waals surface area contributed by atoms with Crippen molar-refractivity contribution >= 4 is 0 Å². The largest absolute Gasteiger partial charge is 0.388 e. The predicted octanol–water partition coefficient (Wildman–Crippen LogP) is 3.13. The summed E-state index contributed by atoms with van der Waals surface area (Å²) >= 11 is 0. The molecule has 6 nitrogen and oxygen atoms in total. The molecule has 4 rings (SSSR count). The Morgan fingerprint density at radius 1 is 0.588 bits per heavy atom. The molecule has 2 heterocycles. The molecule has 0 amide bonds. The first-order chi connectivity index (χ1) is 16.7. The van der Waals surface area contributed by atoms with Gasteiger partial charge < -0.3 is 19.7 Å². The Hall–Kier alpha value is -1.80. The standard InChI is InChI=1S/C28H40N2O4/c31-27(23-7-3-1-4-8-23)25(21-29-13-17-33-18-14-29)11-12-26(22-30-15-19-34-20-16-30)28(32)24-9-5-2-6-10-24/h1-10,25-28,31-32H,11-22H2. The lowest BCUT2D eigenvalue weighted by molar-refractivity contribution is -0.00326. The summed E-state index contributed by atoms with van der Waals surface area (Å²) in [6, 6.07) is 20.0. The lowest BCUT2D eigenvalue weighted by Gasteiger charge is -2.35. The fourth-order valence-electron chi connectivity index (χ4n) is 5.20. The van der Waals surface area contributed by atoms with E-state index in [-0.39, 0.29) is 11.8 Å². The van der Waals surface area contributed by atoms with E-state index >= 15 is 0 Å². The zero-order valence-electron chi connectivity index (χ0n) is 20.2. The Morgan fingerprint density at radius 3 is 1.29 bits per heavy atom. The van der Waals surface area contributed by atoms with Crippen LogP contribution in [0.4, 0.5) is 0 Å². The first-order valence-electron chi connectivity index (χ1n) is 12.8. The van der Waals surface area contributed by atoms with Crippen molar-refractivity contribution < 1.29 is 19.7 Å². The fourth-order valence-corrected chi connectivity index (χ4v) is 5.20. The quantitative estimate of drug-likeness (QED) is 0.528. The summed E-state index contributed by atoms with van der Waals surface area (Å²) in [6.07, 6.45) is 0.655. The molecule has 2 fully saturated rings. The Morgan fingerprint density at radius 2 is 0.941 bits per heavy atom. The normalized spacial score (nSPS) is 21.6. The molecular weight excluding hydrogens is 428 g/mol. The van der Waals surface area contributed by atoms with Gasteiger partial charge in [0.05, 0.1) is 38.6 Å². The van der Waals surface area contributed by atoms with E-state index in [1.807, 2.05) is 60.7 Å². The number of benzene rings is 2. The van der Waals surface area contributed by atoms with Crippen LogP contribution in [-0.2, 0) is 9.47 Å². The summed E-state index contributed by atoms with van der Waals surface area (Å²) in [5.74, 6) is 0.186. The van der Waals surface area contributed by atoms with E-state index in [2.05, 4.69) is 9.80 Å². The summed E-state index contributed by atoms with van der Waals surface area (Å²) in [5.41, 5.74) is 1.93. The van der Waals surface area contributed by atoms with Crippen LogP contribution in [0.15, 0.2) is 60.7 Å². The number of morpholine rings is 2. The smallest absolute Gasteiger partial charge is 0.0830 e. The van der Waals surface area contributed by atoms with E-state index < -0.39 is 12.2 Å². The molecule has 0 aromatic heterocycles. The van der Waals surface area contributed by atoms with Crippen LogP contribution in [0.1, 0.15) is 36.2 Å². The minimum atomic E-state index is -0.526. The second-order valence-corrected chi connectivity index (χ2v) is 9.63. The highest BCUT2D eigenvalue weighted by atomic mass is 16.5. The van der Waals surface area contributed by atoms with E-state index in [0.29, 0.717) is 0 Å². The van der Waals surface area contributed by atoms with Crippen LogP contribution in [0.3, 0.4) is 0 Å². The highest BCUT2D eigenvalue weighted by molar-refractivity contribution is 5.19. The zero-order valence-corrected chi connectivity index (χ0v) is 20.2. The second kappa shape index (κ2) is 13.3. The van der Waals surface area contributed by atoms with Crippen molar-refractivity contribution in [3.8, 4) is 0 Å². The van der Waals surface area contributed by atoms with Gasteiger partial charge in [-0.15, -0.1) is 0 Å². The van der Waals surface area contributed by atoms with Gasteiger partial charge in [-0.05, 0) is 24.0 Å². The first-order valence-corrected chi connectivity index (χ1v) is 12.8. The van der Waals surface area contributed by atoms with Gasteiger partial charge in [0.25, 0.3) is 0 Å². The lowest BCUT2D eigenvalue weighted by Crippen LogP contribution is -2.42. The number of ether oxygens (including phenoxy) is 2. The summed E-state index contributed by atoms with van der Waals surface area (Å²) in [5, 5.41) is 22.7. The molecule has 0 radical (unpaired) electrons. The van der Waals surface area contributed by atoms with Gasteiger partial charge in [0.2, 0.25) is 0 Å². The van der Waals surface area contributed by atoms with Gasteiger partial charge in [0.15, 0.2) is 0 Å². The third-order valence-corrected chi connectivity index (χ3v) is 7.28. The Balaban J connectivity index is 1.47. The number of nitrogens with zero attached hydrogens (tertiary/aromatic N) is 2. The van der Waals surface area contributed by atoms with Gasteiger partial charge in [-0.3, -0.25) is 9.80 Å². The monoisotopic (exact) mass is 468 g/mol. The SMILES string of the molecule is OC(c1ccccc1)C(CCC(CN1CCOCC1)C(O)c1ccccc1)CN1CCOCC1. The maximum atomic E-state index is 11.4. The van der Waals surface area contributed by atoms with Crippen molar-refractivity contribution in [3.05, 3.63) is 71.8 Å². The highest BCUT2D eigenvalue weighted by Gasteiger charge is 2.29. The average Bonchev–Trinajstić information content (AvgIpc) is 2.91. The highest BCUT2D eigenvalue weighted by Crippen LogP contribution is 2.33. The van der Waals surface area contributed by atoms with E-state index in [0.717, 1.165) is 89.7 Å². The molecule has 6 heteroatoms. The number of hydrogen-bond donors (Lipinski definition) is 2. The van der Waals surface area contributed by atoms with Gasteiger partial charge in [-0.2, -0.15) is 0 Å². The van der Waals surface area contributed by atoms with Crippen LogP contribution in [0.5, 0.6) is 0 Å². The first kappa shape index (κ1) is 25.3. The van der Waals surface area contributed by atoms with Crippen molar-refractivity contribution in [2.45, 2.75) is 25.0 Å². The Bertz CT molecular complexity index is 740. The molecule has 2 aromatic carbocycles. The molecule has 4 unspecified atom stereocenters. The molecule has 0 aliphatic carbocycles. The molecule has 2 aliphatic rings. The van der Waals surface area contributed by atoms with Crippen LogP contribution < -0.4 is 0 Å². The van der Waals surface area contributed by atoms with Crippen LogP contribution in [-0.4, -0.2) is 85.7 Å². The maximum Gasteiger partial charge on any atom is 0.0830 e. The van der Waals surface area contributed by atoms with Crippen molar-refractivity contribution in [2.24, 2.45) is 11.8 Å². The van der Waals surface area contributed by atoms with Gasteiger partial charge in [0, 0.05) is 51.1 Å². The van der Waals surface area contributed by atoms with Crippen molar-refractivity contribution in [1.29, 1.82) is 0 Å². The van der Waals surface area contributed by atoms with E-state index in [4.69, 9.17) is 9.47 Å². The van der Waals surface area contributed by atoms with Crippen LogP contribution in [0.25, 0.3) is 0 Å². The second-order valence-electron chi connectivity index (χ2n) is 9.63. The lowest BCUT2D eigenvalue weighted by atomic mass is 9.84. The third-order valence-electron chi connectivity index (χ3n) is 7.28. The molecule has 4 atom stereocenters. The van der Waals surface area contributed by atoms with Gasteiger partial charge in [0.1, 0.15) is 0 Å². The summed E-state index contributed by atoms with van der Waals surface area (Å²) in [6.45, 7) is 8.30. The number of aliphatic hydroxyl groups excluding tert-OH is 2. The van der Waals surface area contributed by atoms with Crippen molar-refractivity contribution in [2.75, 3.05) is 65.7 Å². The van der Waals surface area contributed by atoms with Crippen LogP contribution in [0, 0.1) is 11.8 Å². The molecular formula is C28H40N2O4.